The van der Waals surface area contributed by atoms with Crippen LogP contribution in [-0.4, -0.2) is 59.0 Å². The van der Waals surface area contributed by atoms with Crippen LogP contribution in [0.1, 0.15) is 34.6 Å². The summed E-state index contributed by atoms with van der Waals surface area (Å²) in [5.74, 6) is -1.90. The van der Waals surface area contributed by atoms with Crippen molar-refractivity contribution in [3.8, 4) is 0 Å². The molecule has 1 amide bonds. The molecule has 0 aromatic rings. The van der Waals surface area contributed by atoms with Gasteiger partial charge in [0.25, 0.3) is 0 Å². The van der Waals surface area contributed by atoms with Gasteiger partial charge in [0.2, 0.25) is 0 Å². The number of β-lactam (4-membered cyclic amide) rings is 1. The molecular formula is C15H28B2NO4S2Si. The summed E-state index contributed by atoms with van der Waals surface area (Å²) in [7, 11) is 0.149. The molecule has 1 aliphatic heterocycles. The summed E-state index contributed by atoms with van der Waals surface area (Å²) in [6.07, 6.45) is 0. The Morgan fingerprint density at radius 3 is 2.36 bits per heavy atom. The standard InChI is InChI=1S/C15H28B2NO4S2Si/c1-9(2)11(14(20)22-16)18-12(19)10(13(18)24(17)23)8-21-25(6,7)15(3,4)5/h9-11,13,24H,8H2,1-7H3/t10-,11?,13?/m1/s1/i24T. The van der Waals surface area contributed by atoms with Crippen LogP contribution in [0.3, 0.4) is 0 Å². The molecule has 0 aromatic carbocycles. The van der Waals surface area contributed by atoms with Gasteiger partial charge in [-0.3, -0.25) is 0 Å². The number of hydrogen-bond acceptors (Lipinski definition) is 5. The van der Waals surface area contributed by atoms with E-state index in [9.17, 15) is 9.59 Å². The number of nitrogens with zero attached hydrogens (tertiary/aromatic N) is 1. The van der Waals surface area contributed by atoms with E-state index < -0.39 is 40.4 Å². The Labute approximate surface area is 162 Å². The maximum absolute atomic E-state index is 12.8. The van der Waals surface area contributed by atoms with Crippen molar-refractivity contribution >= 4 is 54.9 Å². The zero-order valence-corrected chi connectivity index (χ0v) is 18.7. The molecule has 0 N–H and O–H groups in total. The van der Waals surface area contributed by atoms with Crippen LogP contribution in [0.25, 0.3) is 0 Å². The Kier molecular flexibility index (Phi) is 6.95. The van der Waals surface area contributed by atoms with Crippen LogP contribution < -0.4 is 0 Å². The van der Waals surface area contributed by atoms with E-state index in [1.807, 2.05) is 0 Å². The van der Waals surface area contributed by atoms with Gasteiger partial charge in [-0.15, -0.1) is 0 Å². The first kappa shape index (κ1) is 21.1. The predicted octanol–water partition coefficient (Wildman–Crippen LogP) is 1.34. The van der Waals surface area contributed by atoms with Crippen molar-refractivity contribution in [3.05, 3.63) is 0 Å². The van der Waals surface area contributed by atoms with Crippen LogP contribution in [-0.2, 0) is 38.6 Å². The van der Waals surface area contributed by atoms with E-state index in [1.165, 1.54) is 4.90 Å². The number of carbonyl (C=O) groups is 2. The Hall–Kier alpha value is -0.183. The van der Waals surface area contributed by atoms with Gasteiger partial charge >= 0.3 is 162 Å². The molecule has 1 fully saturated rings. The molecule has 1 saturated heterocycles. The van der Waals surface area contributed by atoms with E-state index in [4.69, 9.17) is 31.5 Å². The first-order valence-corrected chi connectivity index (χ1v) is 13.5. The van der Waals surface area contributed by atoms with E-state index in [0.29, 0.717) is 0 Å². The zero-order valence-electron chi connectivity index (χ0n) is 17.1. The SMILES string of the molecule is [3H]S(=[B])(=S)C1[C@H](CO[Si](C)(C)C(C)(C)C)C(=O)N1C(C(=O)O[B])C(C)C. The van der Waals surface area contributed by atoms with Crippen molar-refractivity contribution in [2.45, 2.75) is 64.2 Å². The minimum absolute atomic E-state index is 0.0135. The normalized spacial score (nSPS) is 25.8. The summed E-state index contributed by atoms with van der Waals surface area (Å²) in [6.45, 7) is 20.1. The van der Waals surface area contributed by atoms with E-state index in [2.05, 4.69) is 38.5 Å². The summed E-state index contributed by atoms with van der Waals surface area (Å²) in [6, 6.07) is -0.912. The monoisotopic (exact) mass is 402 g/mol. The zero-order chi connectivity index (χ0) is 20.7. The minimum atomic E-state index is -2.80. The first-order valence-electron chi connectivity index (χ1n) is 8.68. The Bertz CT molecular complexity index is 667. The number of thiol groups is 1. The quantitative estimate of drug-likeness (QED) is 0.396. The van der Waals surface area contributed by atoms with Crippen LogP contribution in [0, 0.1) is 11.8 Å². The Morgan fingerprint density at radius 1 is 1.48 bits per heavy atom. The average Bonchev–Trinajstić information content (AvgIpc) is 2.45. The molecule has 25 heavy (non-hydrogen) atoms. The number of amides is 1. The van der Waals surface area contributed by atoms with E-state index in [0.717, 1.165) is 0 Å². The molecule has 0 spiro atoms. The Balaban J connectivity index is 3.11. The number of likely N-dealkylation sites (tertiary alicyclic amines) is 1. The van der Waals surface area contributed by atoms with Gasteiger partial charge in [0, 0.05) is 0 Å². The van der Waals surface area contributed by atoms with Crippen molar-refractivity contribution in [1.82, 2.24) is 4.90 Å². The second-order valence-corrected chi connectivity index (χ2v) is 15.4. The van der Waals surface area contributed by atoms with Crippen molar-refractivity contribution < 1.29 is 18.7 Å². The summed E-state index contributed by atoms with van der Waals surface area (Å²) in [4.78, 5) is 26.1. The molecule has 3 unspecified atom stereocenters. The molecule has 5 nitrogen and oxygen atoms in total. The molecule has 10 heteroatoms. The van der Waals surface area contributed by atoms with Crippen LogP contribution in [0.2, 0.25) is 18.1 Å². The summed E-state index contributed by atoms with van der Waals surface area (Å²) in [5, 5.41) is -0.762. The average molecular weight is 402 g/mol. The topological polar surface area (TPSA) is 55.8 Å². The second kappa shape index (κ2) is 8.23. The van der Waals surface area contributed by atoms with E-state index >= 15 is 0 Å². The number of carbonyl (C=O) groups excluding carboxylic acids is 2. The number of rotatable bonds is 7. The van der Waals surface area contributed by atoms with Crippen LogP contribution in [0.4, 0.5) is 0 Å². The third kappa shape index (κ3) is 4.76. The predicted molar refractivity (Wildman–Crippen MR) is 110 cm³/mol. The molecule has 0 aromatic heterocycles. The van der Waals surface area contributed by atoms with E-state index in [1.54, 1.807) is 13.8 Å². The van der Waals surface area contributed by atoms with Crippen molar-refractivity contribution in [2.75, 3.05) is 6.61 Å². The fourth-order valence-electron chi connectivity index (χ4n) is 2.56. The molecule has 3 radical (unpaired) electrons. The Morgan fingerprint density at radius 2 is 2.00 bits per heavy atom. The fourth-order valence-corrected chi connectivity index (χ4v) is 5.25. The van der Waals surface area contributed by atoms with Gasteiger partial charge in [0.1, 0.15) is 0 Å². The van der Waals surface area contributed by atoms with Crippen LogP contribution in [0.5, 0.6) is 0 Å². The van der Waals surface area contributed by atoms with Gasteiger partial charge in [0.05, 0.1) is 0 Å². The molecule has 0 saturated carbocycles. The van der Waals surface area contributed by atoms with Gasteiger partial charge in [-0.1, -0.05) is 0 Å². The molecule has 139 valence electrons. The van der Waals surface area contributed by atoms with E-state index in [-0.39, 0.29) is 23.5 Å². The van der Waals surface area contributed by atoms with Crippen molar-refractivity contribution in [2.24, 2.45) is 11.8 Å². The van der Waals surface area contributed by atoms with Crippen LogP contribution >= 0.6 is 0 Å². The summed E-state index contributed by atoms with van der Waals surface area (Å²) in [5.41, 5.74) is 0. The van der Waals surface area contributed by atoms with Crippen LogP contribution in [0.15, 0.2) is 0 Å². The van der Waals surface area contributed by atoms with Crippen molar-refractivity contribution in [3.63, 3.8) is 0 Å². The third-order valence-electron chi connectivity index (χ3n) is 5.15. The summed E-state index contributed by atoms with van der Waals surface area (Å²) < 4.78 is 18.7. The summed E-state index contributed by atoms with van der Waals surface area (Å²) >= 11 is 5.18. The fraction of sp³-hybridized carbons (Fsp3) is 0.867. The molecular weight excluding hydrogens is 372 g/mol. The molecule has 4 atom stereocenters. The third-order valence-corrected chi connectivity index (χ3v) is 11.3. The van der Waals surface area contributed by atoms with Crippen molar-refractivity contribution in [1.29, 1.82) is 1.12 Å². The van der Waals surface area contributed by atoms with Gasteiger partial charge in [-0.25, -0.2) is 0 Å². The maximum atomic E-state index is 12.8. The van der Waals surface area contributed by atoms with Gasteiger partial charge in [-0.05, 0) is 0 Å². The molecule has 0 aliphatic carbocycles. The number of hydrogen-bond donors (Lipinski definition) is 1. The molecule has 1 heterocycles. The molecule has 0 bridgehead atoms. The van der Waals surface area contributed by atoms with Gasteiger partial charge in [-0.2, -0.15) is 0 Å². The second-order valence-electron chi connectivity index (χ2n) is 8.27. The van der Waals surface area contributed by atoms with Gasteiger partial charge in [0.15, 0.2) is 0 Å². The first-order chi connectivity index (χ1) is 11.6. The molecule has 1 aliphatic rings. The molecule has 1 rings (SSSR count). The van der Waals surface area contributed by atoms with Gasteiger partial charge < -0.3 is 0 Å².